The summed E-state index contributed by atoms with van der Waals surface area (Å²) in [6, 6.07) is 0.0245. The van der Waals surface area contributed by atoms with Gasteiger partial charge < -0.3 is 19.1 Å². The number of rotatable bonds is 3. The quantitative estimate of drug-likeness (QED) is 0.403. The standard InChI is InChI=1S/C12H15NO5/c1-7(14)16-6-13-9-5-8(10(9)11(13)15)12(2)17-3-4-18-12/h5,9-10H,3-4,6H2,1-2H3/t9-,10-/m0/s1. The van der Waals surface area contributed by atoms with Gasteiger partial charge in [0.2, 0.25) is 5.91 Å². The van der Waals surface area contributed by atoms with E-state index >= 15 is 0 Å². The van der Waals surface area contributed by atoms with E-state index in [1.165, 1.54) is 11.8 Å². The van der Waals surface area contributed by atoms with Crippen LogP contribution >= 0.6 is 0 Å². The van der Waals surface area contributed by atoms with E-state index < -0.39 is 5.79 Å². The average molecular weight is 253 g/mol. The fraction of sp³-hybridized carbons (Fsp3) is 0.667. The fourth-order valence-electron chi connectivity index (χ4n) is 2.67. The third-order valence-electron chi connectivity index (χ3n) is 3.71. The molecule has 3 rings (SSSR count). The number of hydrogen-bond donors (Lipinski definition) is 0. The van der Waals surface area contributed by atoms with E-state index in [0.717, 1.165) is 5.57 Å². The van der Waals surface area contributed by atoms with E-state index in [4.69, 9.17) is 14.2 Å². The minimum atomic E-state index is -0.746. The molecule has 0 N–H and O–H groups in total. The highest BCUT2D eigenvalue weighted by atomic mass is 16.7. The number of β-lactam (4-membered cyclic amide) rings is 1. The lowest BCUT2D eigenvalue weighted by atomic mass is 9.68. The maximum Gasteiger partial charge on any atom is 0.304 e. The first-order valence-corrected chi connectivity index (χ1v) is 5.97. The van der Waals surface area contributed by atoms with E-state index in [9.17, 15) is 9.59 Å². The third-order valence-corrected chi connectivity index (χ3v) is 3.71. The molecule has 18 heavy (non-hydrogen) atoms. The zero-order valence-electron chi connectivity index (χ0n) is 10.3. The molecular weight excluding hydrogens is 238 g/mol. The van der Waals surface area contributed by atoms with E-state index in [-0.39, 0.29) is 30.6 Å². The first-order valence-electron chi connectivity index (χ1n) is 5.97. The van der Waals surface area contributed by atoms with Gasteiger partial charge in [0, 0.05) is 12.5 Å². The molecule has 2 heterocycles. The smallest absolute Gasteiger partial charge is 0.304 e. The SMILES string of the molecule is CC(=O)OCN1C(=O)[C@H]2C(C3(C)OCCO3)=C[C@@H]21. The van der Waals surface area contributed by atoms with Crippen LogP contribution in [-0.4, -0.2) is 48.5 Å². The van der Waals surface area contributed by atoms with Gasteiger partial charge in [-0.25, -0.2) is 0 Å². The van der Waals surface area contributed by atoms with Gasteiger partial charge in [0.1, 0.15) is 0 Å². The van der Waals surface area contributed by atoms with Crippen molar-refractivity contribution in [3.05, 3.63) is 11.6 Å². The van der Waals surface area contributed by atoms with Gasteiger partial charge in [0.15, 0.2) is 12.5 Å². The molecule has 3 aliphatic rings. The van der Waals surface area contributed by atoms with Gasteiger partial charge in [0.05, 0.1) is 25.2 Å². The summed E-state index contributed by atoms with van der Waals surface area (Å²) in [5.41, 5.74) is 0.897. The van der Waals surface area contributed by atoms with Gasteiger partial charge >= 0.3 is 5.97 Å². The number of carbonyl (C=O) groups excluding carboxylic acids is 2. The monoisotopic (exact) mass is 253 g/mol. The van der Waals surface area contributed by atoms with Crippen LogP contribution in [0.2, 0.25) is 0 Å². The molecule has 1 aliphatic carbocycles. The Morgan fingerprint density at radius 1 is 1.56 bits per heavy atom. The number of esters is 1. The molecule has 6 nitrogen and oxygen atoms in total. The van der Waals surface area contributed by atoms with Crippen LogP contribution in [0.25, 0.3) is 0 Å². The highest BCUT2D eigenvalue weighted by Gasteiger charge is 2.60. The van der Waals surface area contributed by atoms with Gasteiger partial charge in [-0.15, -0.1) is 0 Å². The van der Waals surface area contributed by atoms with Crippen molar-refractivity contribution in [1.29, 1.82) is 0 Å². The lowest BCUT2D eigenvalue weighted by molar-refractivity contribution is -0.178. The zero-order valence-corrected chi connectivity index (χ0v) is 10.3. The van der Waals surface area contributed by atoms with E-state index in [1.54, 1.807) is 0 Å². The summed E-state index contributed by atoms with van der Waals surface area (Å²) in [5.74, 6) is -1.32. The molecule has 0 radical (unpaired) electrons. The van der Waals surface area contributed by atoms with Gasteiger partial charge in [-0.3, -0.25) is 9.59 Å². The molecule has 2 saturated heterocycles. The zero-order chi connectivity index (χ0) is 12.9. The van der Waals surface area contributed by atoms with E-state index in [0.29, 0.717) is 13.2 Å². The number of fused-ring (bicyclic) bond motifs is 1. The van der Waals surface area contributed by atoms with Gasteiger partial charge in [0.25, 0.3) is 0 Å². The summed E-state index contributed by atoms with van der Waals surface area (Å²) in [6.07, 6.45) is 1.96. The fourth-order valence-corrected chi connectivity index (χ4v) is 2.67. The van der Waals surface area contributed by atoms with E-state index in [1.807, 2.05) is 13.0 Å². The molecule has 0 aromatic heterocycles. The largest absolute Gasteiger partial charge is 0.444 e. The van der Waals surface area contributed by atoms with E-state index in [2.05, 4.69) is 0 Å². The summed E-state index contributed by atoms with van der Waals surface area (Å²) in [4.78, 5) is 24.2. The average Bonchev–Trinajstić information content (AvgIpc) is 2.69. The normalized spacial score (nSPS) is 32.2. The van der Waals surface area contributed by atoms with Gasteiger partial charge in [-0.2, -0.15) is 0 Å². The number of amides is 1. The Balaban J connectivity index is 1.67. The number of hydrogen-bond acceptors (Lipinski definition) is 5. The summed E-state index contributed by atoms with van der Waals surface area (Å²) in [7, 11) is 0. The van der Waals surface area contributed by atoms with Crippen LogP contribution in [0.15, 0.2) is 11.6 Å². The highest BCUT2D eigenvalue weighted by molar-refractivity contribution is 5.93. The lowest BCUT2D eigenvalue weighted by Gasteiger charge is -2.54. The molecule has 0 aromatic rings. The first kappa shape index (κ1) is 11.7. The van der Waals surface area contributed by atoms with Crippen molar-refractivity contribution in [3.63, 3.8) is 0 Å². The predicted molar refractivity (Wildman–Crippen MR) is 59.1 cm³/mol. The molecule has 1 amide bonds. The Kier molecular flexibility index (Phi) is 2.46. The number of carbonyl (C=O) groups is 2. The van der Waals surface area contributed by atoms with Crippen LogP contribution < -0.4 is 0 Å². The molecule has 6 heteroatoms. The summed E-state index contributed by atoms with van der Waals surface area (Å²) in [6.45, 7) is 4.29. The van der Waals surface area contributed by atoms with Crippen LogP contribution in [0, 0.1) is 5.92 Å². The minimum absolute atomic E-state index is 0.0245. The van der Waals surface area contributed by atoms with Crippen molar-refractivity contribution in [1.82, 2.24) is 4.90 Å². The number of likely N-dealkylation sites (tertiary alicyclic amines) is 1. The van der Waals surface area contributed by atoms with Crippen LogP contribution in [0.5, 0.6) is 0 Å². The van der Waals surface area contributed by atoms with Crippen molar-refractivity contribution in [2.24, 2.45) is 5.92 Å². The molecule has 98 valence electrons. The topological polar surface area (TPSA) is 65.1 Å². The second kappa shape index (κ2) is 3.80. The van der Waals surface area contributed by atoms with Crippen LogP contribution in [0.3, 0.4) is 0 Å². The van der Waals surface area contributed by atoms with Gasteiger partial charge in [-0.05, 0) is 6.92 Å². The molecule has 2 atom stereocenters. The number of nitrogens with zero attached hydrogens (tertiary/aromatic N) is 1. The van der Waals surface area contributed by atoms with Crippen molar-refractivity contribution >= 4 is 11.9 Å². The van der Waals surface area contributed by atoms with Crippen molar-refractivity contribution in [2.45, 2.75) is 25.7 Å². The van der Waals surface area contributed by atoms with Crippen molar-refractivity contribution in [2.75, 3.05) is 19.9 Å². The Morgan fingerprint density at radius 3 is 2.78 bits per heavy atom. The highest BCUT2D eigenvalue weighted by Crippen LogP contribution is 2.49. The minimum Gasteiger partial charge on any atom is -0.444 e. The lowest BCUT2D eigenvalue weighted by Crippen LogP contribution is -2.68. The maximum absolute atomic E-state index is 11.9. The Labute approximate surface area is 104 Å². The molecule has 0 unspecified atom stereocenters. The van der Waals surface area contributed by atoms with Crippen LogP contribution in [0.1, 0.15) is 13.8 Å². The molecule has 0 aromatic carbocycles. The third kappa shape index (κ3) is 1.49. The molecular formula is C12H15NO5. The van der Waals surface area contributed by atoms with Crippen molar-refractivity contribution < 1.29 is 23.8 Å². The molecule has 0 saturated carbocycles. The summed E-state index contributed by atoms with van der Waals surface area (Å²) in [5, 5.41) is 0. The Bertz CT molecular complexity index is 438. The van der Waals surface area contributed by atoms with Crippen LogP contribution in [0.4, 0.5) is 0 Å². The molecule has 2 aliphatic heterocycles. The van der Waals surface area contributed by atoms with Crippen molar-refractivity contribution in [3.8, 4) is 0 Å². The maximum atomic E-state index is 11.9. The Hall–Kier alpha value is -1.40. The first-order chi connectivity index (χ1) is 8.53. The number of ether oxygens (including phenoxy) is 3. The second-order valence-corrected chi connectivity index (χ2v) is 4.81. The molecule has 0 bridgehead atoms. The van der Waals surface area contributed by atoms with Crippen LogP contribution in [-0.2, 0) is 23.8 Å². The second-order valence-electron chi connectivity index (χ2n) is 4.81. The molecule has 0 spiro atoms. The summed E-state index contributed by atoms with van der Waals surface area (Å²) >= 11 is 0. The van der Waals surface area contributed by atoms with Gasteiger partial charge in [-0.1, -0.05) is 6.08 Å². The summed E-state index contributed by atoms with van der Waals surface area (Å²) < 4.78 is 15.9. The predicted octanol–water partition coefficient (Wildman–Crippen LogP) is 0.0370. The Morgan fingerprint density at radius 2 is 2.22 bits per heavy atom. The molecule has 2 fully saturated rings.